The molecule has 0 saturated heterocycles. The molecule has 3 heteroatoms. The lowest BCUT2D eigenvalue weighted by atomic mass is 10.2. The molecule has 0 aromatic heterocycles. The quantitative estimate of drug-likeness (QED) is 0.527. The summed E-state index contributed by atoms with van der Waals surface area (Å²) in [6, 6.07) is 0. The Balaban J connectivity index is 2.80. The molecule has 0 rings (SSSR count). The zero-order valence-corrected chi connectivity index (χ0v) is 6.85. The van der Waals surface area contributed by atoms with Crippen molar-refractivity contribution in [2.45, 2.75) is 39.0 Å². The average molecular weight is 165 g/mol. The zero-order valence-electron chi connectivity index (χ0n) is 6.85. The van der Waals surface area contributed by atoms with Gasteiger partial charge < -0.3 is 4.74 Å². The third kappa shape index (κ3) is 9.82. The summed E-state index contributed by atoms with van der Waals surface area (Å²) in [4.78, 5) is 0. The van der Waals surface area contributed by atoms with Crippen LogP contribution in [-0.4, -0.2) is 13.0 Å². The van der Waals surface area contributed by atoms with E-state index < -0.39 is 13.0 Å². The van der Waals surface area contributed by atoms with Crippen molar-refractivity contribution in [1.82, 2.24) is 0 Å². The molecule has 0 aromatic rings. The van der Waals surface area contributed by atoms with Crippen LogP contribution in [0.1, 0.15) is 32.6 Å². The van der Waals surface area contributed by atoms with E-state index in [2.05, 4.69) is 11.7 Å². The first-order valence-corrected chi connectivity index (χ1v) is 3.98. The van der Waals surface area contributed by atoms with Gasteiger partial charge in [-0.3, -0.25) is 0 Å². The molecular weight excluding hydrogens is 150 g/mol. The maximum Gasteiger partial charge on any atom is 0.261 e. The summed E-state index contributed by atoms with van der Waals surface area (Å²) in [6.07, 6.45) is 1.73. The Morgan fingerprint density at radius 1 is 1.36 bits per heavy atom. The second-order valence-corrected chi connectivity index (χ2v) is 2.39. The fraction of sp³-hybridized carbons (Fsp3) is 0.875. The molecule has 0 spiro atoms. The van der Waals surface area contributed by atoms with E-state index >= 15 is 0 Å². The molecule has 1 radical (unpaired) electrons. The number of rotatable bonds is 7. The molecule has 0 N–H and O–H groups in total. The summed E-state index contributed by atoms with van der Waals surface area (Å²) in [5.74, 6) is 0. The van der Waals surface area contributed by atoms with Crippen LogP contribution < -0.4 is 0 Å². The van der Waals surface area contributed by atoms with Crippen LogP contribution in [0.4, 0.5) is 8.78 Å². The molecule has 0 saturated carbocycles. The fourth-order valence-electron chi connectivity index (χ4n) is 0.702. The van der Waals surface area contributed by atoms with Gasteiger partial charge in [0.15, 0.2) is 0 Å². The molecule has 0 aliphatic carbocycles. The summed E-state index contributed by atoms with van der Waals surface area (Å²) in [5.41, 5.74) is 0. The maximum absolute atomic E-state index is 11.5. The smallest absolute Gasteiger partial charge is 0.261 e. The third-order valence-electron chi connectivity index (χ3n) is 1.27. The maximum atomic E-state index is 11.5. The van der Waals surface area contributed by atoms with Crippen molar-refractivity contribution in [2.75, 3.05) is 6.61 Å². The summed E-state index contributed by atoms with van der Waals surface area (Å²) >= 11 is 0. The monoisotopic (exact) mass is 165 g/mol. The SMILES string of the molecule is CCCCC[CH]OCC(F)F. The van der Waals surface area contributed by atoms with Crippen molar-refractivity contribution in [2.24, 2.45) is 0 Å². The van der Waals surface area contributed by atoms with Crippen molar-refractivity contribution in [3.8, 4) is 0 Å². The molecule has 0 aliphatic heterocycles. The molecule has 67 valence electrons. The minimum atomic E-state index is -2.35. The Morgan fingerprint density at radius 3 is 2.64 bits per heavy atom. The van der Waals surface area contributed by atoms with Crippen LogP contribution in [-0.2, 0) is 4.74 Å². The summed E-state index contributed by atoms with van der Waals surface area (Å²) in [5, 5.41) is 0. The predicted octanol–water partition coefficient (Wildman–Crippen LogP) is 3.01. The first-order chi connectivity index (χ1) is 5.27. The van der Waals surface area contributed by atoms with Crippen molar-refractivity contribution in [3.05, 3.63) is 6.61 Å². The van der Waals surface area contributed by atoms with Crippen LogP contribution in [0.25, 0.3) is 0 Å². The number of ether oxygens (including phenoxy) is 1. The van der Waals surface area contributed by atoms with Crippen LogP contribution >= 0.6 is 0 Å². The van der Waals surface area contributed by atoms with Gasteiger partial charge in [-0.15, -0.1) is 0 Å². The van der Waals surface area contributed by atoms with E-state index in [-0.39, 0.29) is 0 Å². The van der Waals surface area contributed by atoms with Gasteiger partial charge >= 0.3 is 0 Å². The van der Waals surface area contributed by atoms with E-state index in [1.54, 1.807) is 0 Å². The second kappa shape index (κ2) is 7.92. The largest absolute Gasteiger partial charge is 0.370 e. The van der Waals surface area contributed by atoms with Gasteiger partial charge in [0.25, 0.3) is 6.43 Å². The van der Waals surface area contributed by atoms with Gasteiger partial charge in [0.05, 0.1) is 6.61 Å². The lowest BCUT2D eigenvalue weighted by Crippen LogP contribution is -2.01. The lowest BCUT2D eigenvalue weighted by molar-refractivity contribution is 0.0416. The highest BCUT2D eigenvalue weighted by Gasteiger charge is 2.00. The zero-order chi connectivity index (χ0) is 8.53. The van der Waals surface area contributed by atoms with Gasteiger partial charge in [-0.05, 0) is 6.42 Å². The van der Waals surface area contributed by atoms with Gasteiger partial charge in [-0.25, -0.2) is 8.78 Å². The first kappa shape index (κ1) is 10.8. The molecule has 0 unspecified atom stereocenters. The van der Waals surface area contributed by atoms with Gasteiger partial charge in [-0.2, -0.15) is 0 Å². The van der Waals surface area contributed by atoms with Crippen LogP contribution in [0.3, 0.4) is 0 Å². The number of halogens is 2. The highest BCUT2D eigenvalue weighted by Crippen LogP contribution is 2.03. The van der Waals surface area contributed by atoms with E-state index in [9.17, 15) is 8.78 Å². The van der Waals surface area contributed by atoms with E-state index in [1.807, 2.05) is 0 Å². The lowest BCUT2D eigenvalue weighted by Gasteiger charge is -2.01. The van der Waals surface area contributed by atoms with E-state index in [0.29, 0.717) is 0 Å². The molecule has 0 aromatic carbocycles. The Hall–Kier alpha value is -0.180. The Kier molecular flexibility index (Phi) is 7.79. The Bertz CT molecular complexity index is 76.5. The third-order valence-corrected chi connectivity index (χ3v) is 1.27. The van der Waals surface area contributed by atoms with E-state index in [0.717, 1.165) is 25.7 Å². The topological polar surface area (TPSA) is 9.23 Å². The highest BCUT2D eigenvalue weighted by atomic mass is 19.3. The standard InChI is InChI=1S/C8H15F2O/c1-2-3-4-5-6-11-7-8(9)10/h6,8H,2-5,7H2,1H3. The van der Waals surface area contributed by atoms with Gasteiger partial charge in [0.1, 0.15) is 6.61 Å². The van der Waals surface area contributed by atoms with E-state index in [1.165, 1.54) is 6.61 Å². The molecular formula is C8H15F2O. The molecule has 0 amide bonds. The van der Waals surface area contributed by atoms with Crippen molar-refractivity contribution < 1.29 is 13.5 Å². The van der Waals surface area contributed by atoms with Crippen LogP contribution in [0.5, 0.6) is 0 Å². The van der Waals surface area contributed by atoms with Crippen LogP contribution in [0.2, 0.25) is 0 Å². The molecule has 11 heavy (non-hydrogen) atoms. The Labute approximate surface area is 66.7 Å². The van der Waals surface area contributed by atoms with Gasteiger partial charge in [0, 0.05) is 0 Å². The molecule has 0 aliphatic rings. The van der Waals surface area contributed by atoms with Gasteiger partial charge in [0.2, 0.25) is 0 Å². The van der Waals surface area contributed by atoms with Crippen LogP contribution in [0.15, 0.2) is 0 Å². The minimum absolute atomic E-state index is 0.466. The summed E-state index contributed by atoms with van der Waals surface area (Å²) in [6.45, 7) is 3.11. The molecule has 0 fully saturated rings. The molecule has 0 bridgehead atoms. The summed E-state index contributed by atoms with van der Waals surface area (Å²) < 4.78 is 27.5. The molecule has 0 heterocycles. The van der Waals surface area contributed by atoms with Gasteiger partial charge in [-0.1, -0.05) is 26.2 Å². The van der Waals surface area contributed by atoms with Crippen molar-refractivity contribution in [1.29, 1.82) is 0 Å². The highest BCUT2D eigenvalue weighted by molar-refractivity contribution is 4.51. The number of alkyl halides is 2. The molecule has 0 atom stereocenters. The predicted molar refractivity (Wildman–Crippen MR) is 40.4 cm³/mol. The van der Waals surface area contributed by atoms with Crippen LogP contribution in [0, 0.1) is 6.61 Å². The number of hydrogen-bond acceptors (Lipinski definition) is 1. The van der Waals surface area contributed by atoms with Crippen molar-refractivity contribution >= 4 is 0 Å². The minimum Gasteiger partial charge on any atom is -0.370 e. The van der Waals surface area contributed by atoms with E-state index in [4.69, 9.17) is 0 Å². The number of unbranched alkanes of at least 4 members (excludes halogenated alkanes) is 3. The second-order valence-electron chi connectivity index (χ2n) is 2.39. The average Bonchev–Trinajstić information content (AvgIpc) is 1.96. The fourth-order valence-corrected chi connectivity index (χ4v) is 0.702. The number of hydrogen-bond donors (Lipinski definition) is 0. The Morgan fingerprint density at radius 2 is 2.09 bits per heavy atom. The van der Waals surface area contributed by atoms with Crippen molar-refractivity contribution in [3.63, 3.8) is 0 Å². The summed E-state index contributed by atoms with van der Waals surface area (Å²) in [7, 11) is 0. The normalized spacial score (nSPS) is 10.9. The molecule has 1 nitrogen and oxygen atoms in total. The first-order valence-electron chi connectivity index (χ1n) is 3.98.